The molecule has 1 aromatic heterocycles. The zero-order valence-corrected chi connectivity index (χ0v) is 17.1. The van der Waals surface area contributed by atoms with Crippen LogP contribution in [0.5, 0.6) is 0 Å². The van der Waals surface area contributed by atoms with Gasteiger partial charge in [0.2, 0.25) is 5.95 Å². The Bertz CT molecular complexity index is 915. The van der Waals surface area contributed by atoms with Gasteiger partial charge in [-0.15, -0.1) is 0 Å². The largest absolute Gasteiger partial charge is 0.369 e. The number of aromatic nitrogens is 2. The van der Waals surface area contributed by atoms with Gasteiger partial charge in [-0.25, -0.2) is 4.98 Å². The summed E-state index contributed by atoms with van der Waals surface area (Å²) in [6.07, 6.45) is 1.77. The minimum Gasteiger partial charge on any atom is -0.369 e. The number of hydrogen-bond acceptors (Lipinski definition) is 6. The highest BCUT2D eigenvalue weighted by atomic mass is 15.2. The van der Waals surface area contributed by atoms with E-state index in [-0.39, 0.29) is 0 Å². The molecule has 0 aliphatic carbocycles. The van der Waals surface area contributed by atoms with Crippen LogP contribution in [-0.4, -0.2) is 48.1 Å². The topological polar surface area (TPSA) is 56.3 Å². The molecule has 0 bridgehead atoms. The number of nitrogens with one attached hydrogen (secondary N) is 2. The average Bonchev–Trinajstić information content (AvgIpc) is 2.75. The van der Waals surface area contributed by atoms with Gasteiger partial charge in [0.25, 0.3) is 0 Å². The predicted molar refractivity (Wildman–Crippen MR) is 120 cm³/mol. The van der Waals surface area contributed by atoms with E-state index in [9.17, 15) is 0 Å². The van der Waals surface area contributed by atoms with E-state index in [0.717, 1.165) is 37.7 Å². The quantitative estimate of drug-likeness (QED) is 0.668. The number of anilines is 4. The third-order valence-electron chi connectivity index (χ3n) is 5.23. The van der Waals surface area contributed by atoms with E-state index in [1.807, 2.05) is 6.07 Å². The minimum absolute atomic E-state index is 0.615. The van der Waals surface area contributed by atoms with E-state index in [1.165, 1.54) is 16.8 Å². The molecule has 6 nitrogen and oxygen atoms in total. The van der Waals surface area contributed by atoms with Gasteiger partial charge >= 0.3 is 0 Å². The second-order valence-corrected chi connectivity index (χ2v) is 7.57. The molecule has 0 unspecified atom stereocenters. The fourth-order valence-electron chi connectivity index (χ4n) is 3.37. The highest BCUT2D eigenvalue weighted by Gasteiger charge is 2.14. The number of nitrogens with zero attached hydrogens (tertiary/aromatic N) is 4. The Morgan fingerprint density at radius 2 is 1.62 bits per heavy atom. The normalized spacial score (nSPS) is 14.6. The molecular weight excluding hydrogens is 360 g/mol. The molecule has 0 atom stereocenters. The summed E-state index contributed by atoms with van der Waals surface area (Å²) in [4.78, 5) is 13.7. The lowest BCUT2D eigenvalue weighted by Crippen LogP contribution is -2.44. The second-order valence-electron chi connectivity index (χ2n) is 7.57. The molecule has 1 saturated heterocycles. The fourth-order valence-corrected chi connectivity index (χ4v) is 3.37. The van der Waals surface area contributed by atoms with Gasteiger partial charge in [-0.05, 0) is 49.9 Å². The molecule has 29 heavy (non-hydrogen) atoms. The molecule has 2 N–H and O–H groups in total. The molecule has 1 aliphatic rings. The molecule has 1 aliphatic heterocycles. The Morgan fingerprint density at radius 1 is 0.897 bits per heavy atom. The lowest BCUT2D eigenvalue weighted by molar-refractivity contribution is 0.313. The van der Waals surface area contributed by atoms with Crippen LogP contribution < -0.4 is 15.5 Å². The van der Waals surface area contributed by atoms with Crippen molar-refractivity contribution >= 4 is 23.1 Å². The first kappa shape index (κ1) is 19.2. The van der Waals surface area contributed by atoms with E-state index >= 15 is 0 Å². The van der Waals surface area contributed by atoms with E-state index in [4.69, 9.17) is 0 Å². The lowest BCUT2D eigenvalue weighted by Gasteiger charge is -2.34. The Kier molecular flexibility index (Phi) is 5.91. The van der Waals surface area contributed by atoms with Crippen LogP contribution in [0.1, 0.15) is 11.1 Å². The first-order valence-electron chi connectivity index (χ1n) is 10.1. The van der Waals surface area contributed by atoms with Crippen molar-refractivity contribution in [1.82, 2.24) is 14.9 Å². The van der Waals surface area contributed by atoms with Crippen molar-refractivity contribution in [3.63, 3.8) is 0 Å². The van der Waals surface area contributed by atoms with Gasteiger partial charge < -0.3 is 20.4 Å². The molecule has 1 fully saturated rings. The number of rotatable bonds is 6. The maximum atomic E-state index is 4.57. The molecule has 0 radical (unpaired) electrons. The van der Waals surface area contributed by atoms with Gasteiger partial charge in [-0.2, -0.15) is 4.98 Å². The second kappa shape index (κ2) is 8.92. The number of piperazine rings is 1. The summed E-state index contributed by atoms with van der Waals surface area (Å²) >= 11 is 0. The predicted octanol–water partition coefficient (Wildman–Crippen LogP) is 3.89. The Labute approximate surface area is 172 Å². The van der Waals surface area contributed by atoms with Crippen molar-refractivity contribution in [2.75, 3.05) is 48.8 Å². The first-order valence-corrected chi connectivity index (χ1v) is 10.1. The van der Waals surface area contributed by atoms with Crippen LogP contribution in [0.4, 0.5) is 23.1 Å². The molecule has 0 saturated carbocycles. The summed E-state index contributed by atoms with van der Waals surface area (Å²) < 4.78 is 0. The molecule has 150 valence electrons. The molecule has 0 amide bonds. The van der Waals surface area contributed by atoms with Crippen molar-refractivity contribution in [1.29, 1.82) is 0 Å². The van der Waals surface area contributed by atoms with E-state index < -0.39 is 0 Å². The zero-order chi connectivity index (χ0) is 20.1. The molecular formula is C23H28N6. The number of aryl methyl sites for hydroxylation is 1. The van der Waals surface area contributed by atoms with Crippen LogP contribution in [0.25, 0.3) is 0 Å². The Balaban J connectivity index is 1.35. The van der Waals surface area contributed by atoms with Crippen LogP contribution in [-0.2, 0) is 6.54 Å². The summed E-state index contributed by atoms with van der Waals surface area (Å²) in [7, 11) is 2.18. The molecule has 2 heterocycles. The smallest absolute Gasteiger partial charge is 0.224 e. The highest BCUT2D eigenvalue weighted by molar-refractivity contribution is 5.61. The number of likely N-dealkylation sites (N-methyl/N-ethyl adjacent to an activating group) is 1. The van der Waals surface area contributed by atoms with Crippen molar-refractivity contribution in [3.05, 3.63) is 71.9 Å². The van der Waals surface area contributed by atoms with Crippen molar-refractivity contribution < 1.29 is 0 Å². The van der Waals surface area contributed by atoms with Gasteiger partial charge in [0, 0.05) is 50.3 Å². The molecule has 6 heteroatoms. The van der Waals surface area contributed by atoms with E-state index in [1.54, 1.807) is 6.20 Å². The molecule has 3 aromatic rings. The summed E-state index contributed by atoms with van der Waals surface area (Å²) in [5.41, 5.74) is 4.75. The fraction of sp³-hybridized carbons (Fsp3) is 0.304. The first-order chi connectivity index (χ1) is 14.2. The Hall–Kier alpha value is -3.12. The zero-order valence-electron chi connectivity index (χ0n) is 17.1. The van der Waals surface area contributed by atoms with Gasteiger partial charge in [0.05, 0.1) is 0 Å². The summed E-state index contributed by atoms with van der Waals surface area (Å²) in [5, 5.41) is 6.66. The van der Waals surface area contributed by atoms with Gasteiger partial charge in [-0.1, -0.05) is 29.8 Å². The van der Waals surface area contributed by atoms with Gasteiger partial charge in [0.15, 0.2) is 0 Å². The van der Waals surface area contributed by atoms with Gasteiger partial charge in [-0.3, -0.25) is 0 Å². The van der Waals surface area contributed by atoms with E-state index in [2.05, 4.69) is 92.9 Å². The SMILES string of the molecule is Cc1ccc(CNc2nccc(Nc3ccc(N4CCN(C)CC4)cc3)n2)cc1. The van der Waals surface area contributed by atoms with Crippen LogP contribution in [0.15, 0.2) is 60.8 Å². The van der Waals surface area contributed by atoms with Crippen molar-refractivity contribution in [3.8, 4) is 0 Å². The van der Waals surface area contributed by atoms with Crippen molar-refractivity contribution in [2.45, 2.75) is 13.5 Å². The van der Waals surface area contributed by atoms with Crippen LogP contribution in [0.2, 0.25) is 0 Å². The number of hydrogen-bond donors (Lipinski definition) is 2. The van der Waals surface area contributed by atoms with E-state index in [0.29, 0.717) is 12.5 Å². The van der Waals surface area contributed by atoms with Crippen LogP contribution in [0, 0.1) is 6.92 Å². The summed E-state index contributed by atoms with van der Waals surface area (Å²) in [6, 6.07) is 18.9. The maximum Gasteiger partial charge on any atom is 0.224 e. The van der Waals surface area contributed by atoms with Crippen LogP contribution >= 0.6 is 0 Å². The Morgan fingerprint density at radius 3 is 2.34 bits per heavy atom. The molecule has 0 spiro atoms. The van der Waals surface area contributed by atoms with Crippen molar-refractivity contribution in [2.24, 2.45) is 0 Å². The molecule has 2 aromatic carbocycles. The number of benzene rings is 2. The third-order valence-corrected chi connectivity index (χ3v) is 5.23. The lowest BCUT2D eigenvalue weighted by atomic mass is 10.1. The third kappa shape index (κ3) is 5.23. The average molecular weight is 389 g/mol. The monoisotopic (exact) mass is 388 g/mol. The van der Waals surface area contributed by atoms with Gasteiger partial charge in [0.1, 0.15) is 5.82 Å². The summed E-state index contributed by atoms with van der Waals surface area (Å²) in [5.74, 6) is 1.39. The standard InChI is InChI=1S/C23H28N6/c1-18-3-5-19(6-4-18)17-25-23-24-12-11-22(27-23)26-20-7-9-21(10-8-20)29-15-13-28(2)14-16-29/h3-12H,13-17H2,1-2H3,(H2,24,25,26,27). The highest BCUT2D eigenvalue weighted by Crippen LogP contribution is 2.21. The molecule has 4 rings (SSSR count). The summed E-state index contributed by atoms with van der Waals surface area (Å²) in [6.45, 7) is 7.16. The van der Waals surface area contributed by atoms with Crippen LogP contribution in [0.3, 0.4) is 0 Å². The maximum absolute atomic E-state index is 4.57. The minimum atomic E-state index is 0.615.